The Kier molecular flexibility index (Phi) is 4.22. The van der Waals surface area contributed by atoms with E-state index in [-0.39, 0.29) is 0 Å². The quantitative estimate of drug-likeness (QED) is 0.808. The van der Waals surface area contributed by atoms with Gasteiger partial charge in [-0.25, -0.2) is 0 Å². The molecular weight excluding hydrogens is 246 g/mol. The summed E-state index contributed by atoms with van der Waals surface area (Å²) in [6, 6.07) is 15.9. The fourth-order valence-corrected chi connectivity index (χ4v) is 2.80. The highest BCUT2D eigenvalue weighted by Gasteiger charge is 2.32. The minimum absolute atomic E-state index is 0.505. The summed E-state index contributed by atoms with van der Waals surface area (Å²) in [5.74, 6) is 1.91. The van der Waals surface area contributed by atoms with Crippen LogP contribution < -0.4 is 5.32 Å². The molecule has 20 heavy (non-hydrogen) atoms. The number of rotatable bonds is 7. The molecule has 1 aliphatic carbocycles. The fourth-order valence-electron chi connectivity index (χ4n) is 2.80. The molecule has 0 spiro atoms. The highest BCUT2D eigenvalue weighted by atomic mass is 16.3. The summed E-state index contributed by atoms with van der Waals surface area (Å²) >= 11 is 0. The van der Waals surface area contributed by atoms with E-state index in [9.17, 15) is 0 Å². The molecule has 2 atom stereocenters. The fraction of sp³-hybridized carbons (Fsp3) is 0.444. The summed E-state index contributed by atoms with van der Waals surface area (Å²) in [5, 5.41) is 3.82. The van der Waals surface area contributed by atoms with Gasteiger partial charge in [0.15, 0.2) is 0 Å². The van der Waals surface area contributed by atoms with Gasteiger partial charge in [0.25, 0.3) is 0 Å². The standard InChI is InChI=1S/C18H23NO/c1-14(9-12-17-8-5-13-20-17)19-18(16-10-11-16)15-6-3-2-4-7-15/h2-8,13-14,16,18-19H,9-12H2,1H3. The number of benzene rings is 1. The molecule has 1 heterocycles. The molecule has 1 N–H and O–H groups in total. The maximum Gasteiger partial charge on any atom is 0.103 e. The number of nitrogens with one attached hydrogen (secondary N) is 1. The van der Waals surface area contributed by atoms with Crippen molar-refractivity contribution in [1.29, 1.82) is 0 Å². The first-order valence-corrected chi connectivity index (χ1v) is 7.66. The number of hydrogen-bond acceptors (Lipinski definition) is 2. The lowest BCUT2D eigenvalue weighted by atomic mass is 10.0. The predicted molar refractivity (Wildman–Crippen MR) is 81.5 cm³/mol. The van der Waals surface area contributed by atoms with Crippen LogP contribution in [0.2, 0.25) is 0 Å². The summed E-state index contributed by atoms with van der Waals surface area (Å²) in [5.41, 5.74) is 1.43. The van der Waals surface area contributed by atoms with Gasteiger partial charge in [0.1, 0.15) is 5.76 Å². The van der Waals surface area contributed by atoms with Gasteiger partial charge in [-0.1, -0.05) is 30.3 Å². The maximum absolute atomic E-state index is 5.41. The summed E-state index contributed by atoms with van der Waals surface area (Å²) < 4.78 is 5.41. The van der Waals surface area contributed by atoms with Crippen molar-refractivity contribution in [1.82, 2.24) is 5.32 Å². The second-order valence-corrected chi connectivity index (χ2v) is 5.91. The molecule has 2 heteroatoms. The molecule has 0 aliphatic heterocycles. The van der Waals surface area contributed by atoms with Crippen molar-refractivity contribution in [2.24, 2.45) is 5.92 Å². The van der Waals surface area contributed by atoms with E-state index < -0.39 is 0 Å². The van der Waals surface area contributed by atoms with Gasteiger partial charge in [-0.2, -0.15) is 0 Å². The van der Waals surface area contributed by atoms with Gasteiger partial charge in [0.05, 0.1) is 6.26 Å². The topological polar surface area (TPSA) is 25.2 Å². The van der Waals surface area contributed by atoms with Crippen molar-refractivity contribution in [3.05, 3.63) is 60.1 Å². The van der Waals surface area contributed by atoms with E-state index in [1.54, 1.807) is 6.26 Å². The Bertz CT molecular complexity index is 501. The van der Waals surface area contributed by atoms with Crippen molar-refractivity contribution in [2.75, 3.05) is 0 Å². The van der Waals surface area contributed by atoms with Crippen LogP contribution in [0.1, 0.15) is 43.6 Å². The second-order valence-electron chi connectivity index (χ2n) is 5.91. The number of hydrogen-bond donors (Lipinski definition) is 1. The lowest BCUT2D eigenvalue weighted by Gasteiger charge is -2.23. The Morgan fingerprint density at radius 3 is 2.60 bits per heavy atom. The Hall–Kier alpha value is -1.54. The van der Waals surface area contributed by atoms with Gasteiger partial charge in [-0.05, 0) is 49.8 Å². The Morgan fingerprint density at radius 1 is 1.15 bits per heavy atom. The molecule has 1 aliphatic rings. The third-order valence-electron chi connectivity index (χ3n) is 4.12. The third-order valence-corrected chi connectivity index (χ3v) is 4.12. The second kappa shape index (κ2) is 6.27. The Balaban J connectivity index is 1.56. The van der Waals surface area contributed by atoms with Crippen LogP contribution in [0.3, 0.4) is 0 Å². The predicted octanol–water partition coefficient (Wildman–Crippen LogP) is 4.34. The average molecular weight is 269 g/mol. The zero-order valence-electron chi connectivity index (χ0n) is 12.1. The first-order valence-electron chi connectivity index (χ1n) is 7.66. The van der Waals surface area contributed by atoms with Crippen molar-refractivity contribution in [3.63, 3.8) is 0 Å². The van der Waals surface area contributed by atoms with Crippen LogP contribution in [0.5, 0.6) is 0 Å². The van der Waals surface area contributed by atoms with Crippen molar-refractivity contribution in [3.8, 4) is 0 Å². The summed E-state index contributed by atoms with van der Waals surface area (Å²) in [7, 11) is 0. The van der Waals surface area contributed by atoms with Crippen molar-refractivity contribution < 1.29 is 4.42 Å². The molecule has 1 aromatic carbocycles. The third kappa shape index (κ3) is 3.51. The van der Waals surface area contributed by atoms with Crippen LogP contribution >= 0.6 is 0 Å². The lowest BCUT2D eigenvalue weighted by Crippen LogP contribution is -2.32. The van der Waals surface area contributed by atoms with Crippen LogP contribution in [0.4, 0.5) is 0 Å². The van der Waals surface area contributed by atoms with E-state index in [1.807, 2.05) is 6.07 Å². The lowest BCUT2D eigenvalue weighted by molar-refractivity contribution is 0.392. The molecule has 1 saturated carbocycles. The van der Waals surface area contributed by atoms with E-state index >= 15 is 0 Å². The highest BCUT2D eigenvalue weighted by Crippen LogP contribution is 2.41. The normalized spacial score (nSPS) is 17.9. The molecule has 2 aromatic rings. The molecular formula is C18H23NO. The van der Waals surface area contributed by atoms with Gasteiger partial charge in [-0.3, -0.25) is 0 Å². The molecule has 0 saturated heterocycles. The SMILES string of the molecule is CC(CCc1ccco1)NC(c1ccccc1)C1CC1. The maximum atomic E-state index is 5.41. The van der Waals surface area contributed by atoms with Crippen molar-refractivity contribution in [2.45, 2.75) is 44.7 Å². The molecule has 0 amide bonds. The zero-order chi connectivity index (χ0) is 13.8. The van der Waals surface area contributed by atoms with Gasteiger partial charge in [-0.15, -0.1) is 0 Å². The molecule has 106 valence electrons. The Labute approximate surface area is 121 Å². The van der Waals surface area contributed by atoms with Crippen molar-refractivity contribution >= 4 is 0 Å². The van der Waals surface area contributed by atoms with Crippen LogP contribution in [0.15, 0.2) is 53.1 Å². The van der Waals surface area contributed by atoms with Gasteiger partial charge >= 0.3 is 0 Å². The van der Waals surface area contributed by atoms with Gasteiger partial charge < -0.3 is 9.73 Å². The van der Waals surface area contributed by atoms with E-state index in [2.05, 4.69) is 48.6 Å². The van der Waals surface area contributed by atoms with E-state index in [1.165, 1.54) is 18.4 Å². The highest BCUT2D eigenvalue weighted by molar-refractivity contribution is 5.21. The first kappa shape index (κ1) is 13.4. The molecule has 1 fully saturated rings. The molecule has 1 aromatic heterocycles. The number of furan rings is 1. The van der Waals surface area contributed by atoms with E-state index in [4.69, 9.17) is 4.42 Å². The van der Waals surface area contributed by atoms with E-state index in [0.29, 0.717) is 12.1 Å². The monoisotopic (exact) mass is 269 g/mol. The minimum atomic E-state index is 0.505. The molecule has 2 nitrogen and oxygen atoms in total. The largest absolute Gasteiger partial charge is 0.469 e. The smallest absolute Gasteiger partial charge is 0.103 e. The van der Waals surface area contributed by atoms with E-state index in [0.717, 1.165) is 24.5 Å². The summed E-state index contributed by atoms with van der Waals surface area (Å²) in [6.07, 6.45) is 6.59. The van der Waals surface area contributed by atoms with Crippen LogP contribution in [0, 0.1) is 5.92 Å². The number of aryl methyl sites for hydroxylation is 1. The molecule has 0 radical (unpaired) electrons. The summed E-state index contributed by atoms with van der Waals surface area (Å²) in [6.45, 7) is 2.28. The van der Waals surface area contributed by atoms with Gasteiger partial charge in [0.2, 0.25) is 0 Å². The average Bonchev–Trinajstić information content (AvgIpc) is 3.19. The molecule has 0 bridgehead atoms. The van der Waals surface area contributed by atoms with Crippen LogP contribution in [-0.2, 0) is 6.42 Å². The zero-order valence-corrected chi connectivity index (χ0v) is 12.1. The minimum Gasteiger partial charge on any atom is -0.469 e. The first-order chi connectivity index (χ1) is 9.83. The van der Waals surface area contributed by atoms with Crippen LogP contribution in [0.25, 0.3) is 0 Å². The summed E-state index contributed by atoms with van der Waals surface area (Å²) in [4.78, 5) is 0. The molecule has 2 unspecified atom stereocenters. The van der Waals surface area contributed by atoms with Crippen LogP contribution in [-0.4, -0.2) is 6.04 Å². The molecule has 3 rings (SSSR count). The Morgan fingerprint density at radius 2 is 1.95 bits per heavy atom. The van der Waals surface area contributed by atoms with Gasteiger partial charge in [0, 0.05) is 18.5 Å².